The largest absolute Gasteiger partial charge is 0.471 e. The summed E-state index contributed by atoms with van der Waals surface area (Å²) in [6.07, 6.45) is 6.05. The smallest absolute Gasteiger partial charge is 0.182 e. The van der Waals surface area contributed by atoms with Crippen LogP contribution in [0.25, 0.3) is 0 Å². The highest BCUT2D eigenvalue weighted by Gasteiger charge is 2.40. The Kier molecular flexibility index (Phi) is 5.19. The van der Waals surface area contributed by atoms with Gasteiger partial charge in [0.25, 0.3) is 0 Å². The minimum atomic E-state index is -0.115. The monoisotopic (exact) mass is 385 g/mol. The van der Waals surface area contributed by atoms with Crippen molar-refractivity contribution >= 4 is 11.4 Å². The van der Waals surface area contributed by atoms with E-state index in [0.717, 1.165) is 11.7 Å². The van der Waals surface area contributed by atoms with Crippen molar-refractivity contribution in [3.05, 3.63) is 30.1 Å². The predicted molar refractivity (Wildman–Crippen MR) is 109 cm³/mol. The molecule has 0 amide bonds. The fourth-order valence-electron chi connectivity index (χ4n) is 4.59. The van der Waals surface area contributed by atoms with E-state index in [9.17, 15) is 0 Å². The normalized spacial score (nSPS) is 20.4. The van der Waals surface area contributed by atoms with Crippen LogP contribution in [-0.4, -0.2) is 38.3 Å². The quantitative estimate of drug-likeness (QED) is 0.788. The molecule has 2 atom stereocenters. The third-order valence-corrected chi connectivity index (χ3v) is 6.25. The molecule has 1 saturated carbocycles. The van der Waals surface area contributed by atoms with E-state index in [1.165, 1.54) is 30.6 Å². The van der Waals surface area contributed by atoms with Gasteiger partial charge in [-0.1, -0.05) is 11.6 Å². The van der Waals surface area contributed by atoms with Gasteiger partial charge in [-0.2, -0.15) is 0 Å². The summed E-state index contributed by atoms with van der Waals surface area (Å²) >= 11 is 0. The number of aliphatic hydroxyl groups is 1. The summed E-state index contributed by atoms with van der Waals surface area (Å²) in [7, 11) is 0. The van der Waals surface area contributed by atoms with E-state index in [-0.39, 0.29) is 13.3 Å². The molecule has 4 rings (SSSR count). The Morgan fingerprint density at radius 2 is 1.96 bits per heavy atom. The summed E-state index contributed by atoms with van der Waals surface area (Å²) in [5, 5.41) is 17.0. The summed E-state index contributed by atoms with van der Waals surface area (Å²) in [6.45, 7) is 9.34. The summed E-state index contributed by atoms with van der Waals surface area (Å²) in [5.74, 6) is 1.60. The maximum absolute atomic E-state index is 9.12. The van der Waals surface area contributed by atoms with Crippen LogP contribution in [0.3, 0.4) is 0 Å². The summed E-state index contributed by atoms with van der Waals surface area (Å²) in [5.41, 5.74) is 3.08. The lowest BCUT2D eigenvalue weighted by molar-refractivity contribution is 0.218. The maximum Gasteiger partial charge on any atom is 0.182 e. The number of ether oxygens (including phenoxy) is 1. The minimum absolute atomic E-state index is 0.115. The SMILES string of the molecule is CC(C)N1c2ccc(OCn3cc(CO)nn3)cc2N(C(C)C2CCC2)C1C. The van der Waals surface area contributed by atoms with E-state index >= 15 is 0 Å². The number of anilines is 2. The number of rotatable bonds is 7. The first-order chi connectivity index (χ1) is 13.5. The fourth-order valence-corrected chi connectivity index (χ4v) is 4.59. The third kappa shape index (κ3) is 3.32. The van der Waals surface area contributed by atoms with E-state index in [0.29, 0.717) is 23.9 Å². The second-order valence-electron chi connectivity index (χ2n) is 8.30. The van der Waals surface area contributed by atoms with Crippen LogP contribution < -0.4 is 14.5 Å². The van der Waals surface area contributed by atoms with Gasteiger partial charge in [0.1, 0.15) is 11.4 Å². The number of benzene rings is 1. The van der Waals surface area contributed by atoms with Crippen molar-refractivity contribution in [1.82, 2.24) is 15.0 Å². The fraction of sp³-hybridized carbons (Fsp3) is 0.619. The van der Waals surface area contributed by atoms with E-state index in [1.807, 2.05) is 6.07 Å². The molecule has 1 N–H and O–H groups in total. The van der Waals surface area contributed by atoms with Crippen LogP contribution in [0.2, 0.25) is 0 Å². The van der Waals surface area contributed by atoms with Crippen LogP contribution in [0.15, 0.2) is 24.4 Å². The molecule has 2 heterocycles. The number of hydrogen-bond donors (Lipinski definition) is 1. The molecule has 0 bridgehead atoms. The van der Waals surface area contributed by atoms with Crippen molar-refractivity contribution in [3.63, 3.8) is 0 Å². The molecule has 1 aliphatic heterocycles. The average molecular weight is 386 g/mol. The minimum Gasteiger partial charge on any atom is -0.471 e. The van der Waals surface area contributed by atoms with Gasteiger partial charge in [-0.25, -0.2) is 4.68 Å². The Morgan fingerprint density at radius 3 is 2.57 bits per heavy atom. The lowest BCUT2D eigenvalue weighted by atomic mass is 9.79. The van der Waals surface area contributed by atoms with E-state index in [2.05, 4.69) is 59.9 Å². The number of fused-ring (bicyclic) bond motifs is 1. The van der Waals surface area contributed by atoms with Crippen molar-refractivity contribution in [2.75, 3.05) is 9.80 Å². The maximum atomic E-state index is 9.12. The number of hydrogen-bond acceptors (Lipinski definition) is 6. The number of aromatic nitrogens is 3. The van der Waals surface area contributed by atoms with Crippen molar-refractivity contribution in [2.24, 2.45) is 5.92 Å². The summed E-state index contributed by atoms with van der Waals surface area (Å²) in [6, 6.07) is 7.32. The van der Waals surface area contributed by atoms with Crippen LogP contribution in [-0.2, 0) is 13.3 Å². The van der Waals surface area contributed by atoms with Gasteiger partial charge >= 0.3 is 0 Å². The predicted octanol–water partition coefficient (Wildman–Crippen LogP) is 3.38. The topological polar surface area (TPSA) is 66.6 Å². The van der Waals surface area contributed by atoms with Crippen LogP contribution >= 0.6 is 0 Å². The molecule has 0 spiro atoms. The van der Waals surface area contributed by atoms with Gasteiger partial charge < -0.3 is 19.6 Å². The second-order valence-corrected chi connectivity index (χ2v) is 8.30. The Balaban J connectivity index is 1.58. The van der Waals surface area contributed by atoms with Crippen LogP contribution in [0.5, 0.6) is 5.75 Å². The highest BCUT2D eigenvalue weighted by Crippen LogP contribution is 2.46. The van der Waals surface area contributed by atoms with E-state index in [4.69, 9.17) is 9.84 Å². The number of aliphatic hydroxyl groups excluding tert-OH is 1. The molecule has 7 nitrogen and oxygen atoms in total. The highest BCUT2D eigenvalue weighted by atomic mass is 16.5. The zero-order valence-corrected chi connectivity index (χ0v) is 17.2. The molecular weight excluding hydrogens is 354 g/mol. The van der Waals surface area contributed by atoms with Crippen molar-refractivity contribution in [2.45, 2.75) is 78.5 Å². The Bertz CT molecular complexity index is 817. The van der Waals surface area contributed by atoms with Crippen molar-refractivity contribution in [1.29, 1.82) is 0 Å². The van der Waals surface area contributed by atoms with Crippen molar-refractivity contribution in [3.8, 4) is 5.75 Å². The molecule has 2 unspecified atom stereocenters. The van der Waals surface area contributed by atoms with Gasteiger partial charge in [0, 0.05) is 18.2 Å². The third-order valence-electron chi connectivity index (χ3n) is 6.25. The Hall–Kier alpha value is -2.28. The van der Waals surface area contributed by atoms with Gasteiger partial charge in [-0.15, -0.1) is 5.10 Å². The van der Waals surface area contributed by atoms with Gasteiger partial charge in [0.15, 0.2) is 6.73 Å². The summed E-state index contributed by atoms with van der Waals surface area (Å²) in [4.78, 5) is 5.07. The molecule has 28 heavy (non-hydrogen) atoms. The lowest BCUT2D eigenvalue weighted by Crippen LogP contribution is -2.51. The van der Waals surface area contributed by atoms with Gasteiger partial charge in [0.05, 0.1) is 30.3 Å². The Morgan fingerprint density at radius 1 is 1.18 bits per heavy atom. The molecule has 2 aliphatic rings. The van der Waals surface area contributed by atoms with Gasteiger partial charge in [0.2, 0.25) is 0 Å². The molecule has 0 radical (unpaired) electrons. The van der Waals surface area contributed by atoms with Crippen molar-refractivity contribution < 1.29 is 9.84 Å². The standard InChI is InChI=1S/C21H31N5O2/c1-14(2)25-16(4)26(15(3)17-6-5-7-17)21-10-19(8-9-20(21)25)28-13-24-11-18(12-27)22-23-24/h8-11,14-17,27H,5-7,12-13H2,1-4H3. The molecule has 2 aromatic rings. The first kappa shape index (κ1) is 19.1. The van der Waals surface area contributed by atoms with Crippen LogP contribution in [0, 0.1) is 5.92 Å². The first-order valence-electron chi connectivity index (χ1n) is 10.3. The number of nitrogens with zero attached hydrogens (tertiary/aromatic N) is 5. The summed E-state index contributed by atoms with van der Waals surface area (Å²) < 4.78 is 7.56. The molecule has 152 valence electrons. The highest BCUT2D eigenvalue weighted by molar-refractivity contribution is 5.79. The molecule has 1 aromatic carbocycles. The first-order valence-corrected chi connectivity index (χ1v) is 10.3. The zero-order chi connectivity index (χ0) is 19.8. The second kappa shape index (κ2) is 7.62. The Labute approximate surface area is 166 Å². The molecule has 1 aliphatic carbocycles. The van der Waals surface area contributed by atoms with E-state index in [1.54, 1.807) is 10.9 Å². The van der Waals surface area contributed by atoms with Crippen LogP contribution in [0.1, 0.15) is 52.7 Å². The lowest BCUT2D eigenvalue weighted by Gasteiger charge is -2.42. The molecular formula is C21H31N5O2. The zero-order valence-electron chi connectivity index (χ0n) is 17.2. The molecule has 7 heteroatoms. The molecule has 1 aromatic heterocycles. The van der Waals surface area contributed by atoms with Crippen LogP contribution in [0.4, 0.5) is 11.4 Å². The molecule has 1 fully saturated rings. The van der Waals surface area contributed by atoms with Gasteiger partial charge in [-0.05, 0) is 58.6 Å². The molecule has 0 saturated heterocycles. The average Bonchev–Trinajstić information content (AvgIpc) is 3.19. The van der Waals surface area contributed by atoms with E-state index < -0.39 is 0 Å². The van der Waals surface area contributed by atoms with Gasteiger partial charge in [-0.3, -0.25) is 0 Å².